The van der Waals surface area contributed by atoms with Gasteiger partial charge in [0.15, 0.2) is 5.76 Å². The van der Waals surface area contributed by atoms with Crippen LogP contribution in [-0.4, -0.2) is 26.1 Å². The summed E-state index contributed by atoms with van der Waals surface area (Å²) in [6.07, 6.45) is 1.41. The second-order valence-electron chi connectivity index (χ2n) is 3.96. The van der Waals surface area contributed by atoms with E-state index in [1.165, 1.54) is 32.6 Å². The molecule has 2 aromatic rings. The van der Waals surface area contributed by atoms with E-state index in [4.69, 9.17) is 9.15 Å². The minimum absolute atomic E-state index is 0.179. The average Bonchev–Trinajstić information content (AvgIpc) is 3.02. The van der Waals surface area contributed by atoms with Gasteiger partial charge in [0.2, 0.25) is 0 Å². The molecule has 1 amide bonds. The van der Waals surface area contributed by atoms with Crippen LogP contribution in [0.25, 0.3) is 0 Å². The molecule has 0 atom stereocenters. The van der Waals surface area contributed by atoms with Gasteiger partial charge in [-0.2, -0.15) is 0 Å². The van der Waals surface area contributed by atoms with Gasteiger partial charge in [0.1, 0.15) is 11.3 Å². The Balaban J connectivity index is 2.33. The van der Waals surface area contributed by atoms with E-state index in [0.717, 1.165) is 0 Å². The van der Waals surface area contributed by atoms with E-state index in [9.17, 15) is 9.59 Å². The van der Waals surface area contributed by atoms with E-state index >= 15 is 0 Å². The van der Waals surface area contributed by atoms with Crippen molar-refractivity contribution in [3.05, 3.63) is 46.3 Å². The number of rotatable bonds is 4. The van der Waals surface area contributed by atoms with Crippen molar-refractivity contribution in [3.63, 3.8) is 0 Å². The Hall–Kier alpha value is -2.28. The van der Waals surface area contributed by atoms with E-state index in [1.54, 1.807) is 12.1 Å². The summed E-state index contributed by atoms with van der Waals surface area (Å²) < 4.78 is 15.3. The first-order chi connectivity index (χ1) is 10.1. The first kappa shape index (κ1) is 15.1. The minimum Gasteiger partial charge on any atom is -0.496 e. The average molecular weight is 354 g/mol. The molecule has 1 N–H and O–H groups in total. The molecule has 0 aliphatic carbocycles. The number of carbonyl (C=O) groups excluding carboxylic acids is 2. The van der Waals surface area contributed by atoms with Gasteiger partial charge in [0, 0.05) is 10.5 Å². The summed E-state index contributed by atoms with van der Waals surface area (Å²) in [6.45, 7) is 0. The Morgan fingerprint density at radius 2 is 2.05 bits per heavy atom. The van der Waals surface area contributed by atoms with Gasteiger partial charge in [-0.05, 0) is 34.1 Å². The Kier molecular flexibility index (Phi) is 4.64. The van der Waals surface area contributed by atoms with Gasteiger partial charge in [-0.3, -0.25) is 4.79 Å². The number of furan rings is 1. The van der Waals surface area contributed by atoms with Crippen molar-refractivity contribution in [2.45, 2.75) is 0 Å². The fraction of sp³-hybridized carbons (Fsp3) is 0.143. The lowest BCUT2D eigenvalue weighted by Crippen LogP contribution is -2.12. The second-order valence-corrected chi connectivity index (χ2v) is 4.81. The molecule has 110 valence electrons. The molecule has 21 heavy (non-hydrogen) atoms. The number of halogens is 1. The van der Waals surface area contributed by atoms with Crippen LogP contribution in [-0.2, 0) is 4.74 Å². The second kappa shape index (κ2) is 6.45. The third-order valence-electron chi connectivity index (χ3n) is 2.69. The van der Waals surface area contributed by atoms with Gasteiger partial charge >= 0.3 is 5.97 Å². The Bertz CT molecular complexity index is 666. The van der Waals surface area contributed by atoms with Crippen LogP contribution in [0.1, 0.15) is 20.9 Å². The predicted octanol–water partition coefficient (Wildman–Crippen LogP) is 3.09. The van der Waals surface area contributed by atoms with Crippen LogP contribution in [0.5, 0.6) is 5.75 Å². The maximum Gasteiger partial charge on any atom is 0.341 e. The van der Waals surface area contributed by atoms with Crippen LogP contribution in [0, 0.1) is 0 Å². The standard InChI is InChI=1S/C14H12BrNO5/c1-19-12-7-10(9(15)6-8(12)14(18)20-2)16-13(17)11-4-3-5-21-11/h3-7H,1-2H3,(H,16,17). The highest BCUT2D eigenvalue weighted by Crippen LogP contribution is 2.32. The first-order valence-electron chi connectivity index (χ1n) is 5.87. The van der Waals surface area contributed by atoms with Crippen molar-refractivity contribution in [1.29, 1.82) is 0 Å². The molecule has 0 aliphatic heterocycles. The summed E-state index contributed by atoms with van der Waals surface area (Å²) in [5.74, 6) is -0.470. The van der Waals surface area contributed by atoms with Gasteiger partial charge in [-0.1, -0.05) is 0 Å². The SMILES string of the molecule is COC(=O)c1cc(Br)c(NC(=O)c2ccco2)cc1OC. The zero-order chi connectivity index (χ0) is 15.4. The molecule has 1 aromatic carbocycles. The molecule has 0 bridgehead atoms. The molecule has 6 nitrogen and oxygen atoms in total. The van der Waals surface area contributed by atoms with Crippen molar-refractivity contribution >= 4 is 33.5 Å². The quantitative estimate of drug-likeness (QED) is 0.854. The number of hydrogen-bond acceptors (Lipinski definition) is 5. The first-order valence-corrected chi connectivity index (χ1v) is 6.66. The molecule has 0 saturated heterocycles. The van der Waals surface area contributed by atoms with Crippen molar-refractivity contribution in [2.24, 2.45) is 0 Å². The maximum atomic E-state index is 11.9. The number of amides is 1. The lowest BCUT2D eigenvalue weighted by molar-refractivity contribution is 0.0597. The molecule has 7 heteroatoms. The van der Waals surface area contributed by atoms with Gasteiger partial charge in [-0.15, -0.1) is 0 Å². The number of carbonyl (C=O) groups is 2. The molecule has 1 heterocycles. The Morgan fingerprint density at radius 1 is 1.29 bits per heavy atom. The normalized spacial score (nSPS) is 10.0. The van der Waals surface area contributed by atoms with Gasteiger partial charge in [0.25, 0.3) is 5.91 Å². The number of hydrogen-bond donors (Lipinski definition) is 1. The molecule has 0 saturated carbocycles. The predicted molar refractivity (Wildman–Crippen MR) is 78.7 cm³/mol. The Morgan fingerprint density at radius 3 is 2.62 bits per heavy atom. The van der Waals surface area contributed by atoms with Crippen molar-refractivity contribution in [3.8, 4) is 5.75 Å². The van der Waals surface area contributed by atoms with Crippen LogP contribution in [0.2, 0.25) is 0 Å². The summed E-state index contributed by atoms with van der Waals surface area (Å²) in [5.41, 5.74) is 0.698. The van der Waals surface area contributed by atoms with Gasteiger partial charge in [0.05, 0.1) is 26.2 Å². The molecule has 0 fully saturated rings. The lowest BCUT2D eigenvalue weighted by Gasteiger charge is -2.12. The third kappa shape index (κ3) is 3.25. The van der Waals surface area contributed by atoms with E-state index in [1.807, 2.05) is 0 Å². The summed E-state index contributed by atoms with van der Waals surface area (Å²) >= 11 is 3.29. The maximum absolute atomic E-state index is 11.9. The molecular formula is C14H12BrNO5. The van der Waals surface area contributed by atoms with E-state index < -0.39 is 11.9 Å². The smallest absolute Gasteiger partial charge is 0.341 e. The van der Waals surface area contributed by atoms with Crippen LogP contribution in [0.3, 0.4) is 0 Å². The number of benzene rings is 1. The molecular weight excluding hydrogens is 342 g/mol. The summed E-state index contributed by atoms with van der Waals surface area (Å²) in [4.78, 5) is 23.6. The number of ether oxygens (including phenoxy) is 2. The summed E-state index contributed by atoms with van der Waals surface area (Å²) in [5, 5.41) is 2.66. The van der Waals surface area contributed by atoms with Gasteiger partial charge in [-0.25, -0.2) is 4.79 Å². The monoisotopic (exact) mass is 353 g/mol. The third-order valence-corrected chi connectivity index (χ3v) is 3.34. The topological polar surface area (TPSA) is 77.8 Å². The van der Waals surface area contributed by atoms with E-state index in [2.05, 4.69) is 26.0 Å². The fourth-order valence-electron chi connectivity index (χ4n) is 1.68. The molecule has 2 rings (SSSR count). The van der Waals surface area contributed by atoms with Gasteiger partial charge < -0.3 is 19.2 Å². The fourth-order valence-corrected chi connectivity index (χ4v) is 2.12. The minimum atomic E-state index is -0.531. The van der Waals surface area contributed by atoms with Crippen molar-refractivity contribution < 1.29 is 23.5 Å². The zero-order valence-corrected chi connectivity index (χ0v) is 12.9. The largest absolute Gasteiger partial charge is 0.496 e. The molecule has 0 aliphatic rings. The van der Waals surface area contributed by atoms with Crippen LogP contribution < -0.4 is 10.1 Å². The summed E-state index contributed by atoms with van der Waals surface area (Å²) in [6, 6.07) is 6.20. The van der Waals surface area contributed by atoms with Crippen molar-refractivity contribution in [1.82, 2.24) is 0 Å². The van der Waals surface area contributed by atoms with E-state index in [-0.39, 0.29) is 11.3 Å². The van der Waals surface area contributed by atoms with Crippen LogP contribution >= 0.6 is 15.9 Å². The molecule has 1 aromatic heterocycles. The molecule has 0 radical (unpaired) electrons. The number of anilines is 1. The van der Waals surface area contributed by atoms with E-state index in [0.29, 0.717) is 15.9 Å². The highest BCUT2D eigenvalue weighted by molar-refractivity contribution is 9.10. The van der Waals surface area contributed by atoms with Crippen molar-refractivity contribution in [2.75, 3.05) is 19.5 Å². The number of methoxy groups -OCH3 is 2. The van der Waals surface area contributed by atoms with Crippen LogP contribution in [0.15, 0.2) is 39.4 Å². The highest BCUT2D eigenvalue weighted by Gasteiger charge is 2.18. The summed E-state index contributed by atoms with van der Waals surface area (Å²) in [7, 11) is 2.70. The zero-order valence-electron chi connectivity index (χ0n) is 11.3. The highest BCUT2D eigenvalue weighted by atomic mass is 79.9. The number of nitrogens with one attached hydrogen (secondary N) is 1. The lowest BCUT2D eigenvalue weighted by atomic mass is 10.1. The Labute approximate surface area is 129 Å². The van der Waals surface area contributed by atoms with Crippen LogP contribution in [0.4, 0.5) is 5.69 Å². The molecule has 0 spiro atoms. The number of esters is 1. The molecule has 0 unspecified atom stereocenters.